The van der Waals surface area contributed by atoms with Gasteiger partial charge in [-0.25, -0.2) is 0 Å². The van der Waals surface area contributed by atoms with Crippen molar-refractivity contribution in [2.24, 2.45) is 0 Å². The van der Waals surface area contributed by atoms with Crippen molar-refractivity contribution in [3.8, 4) is 0 Å². The second-order valence-corrected chi connectivity index (χ2v) is 7.34. The largest absolute Gasteiger partial charge is 0.295 e. The van der Waals surface area contributed by atoms with Gasteiger partial charge in [0.1, 0.15) is 0 Å². The van der Waals surface area contributed by atoms with Crippen LogP contribution >= 0.6 is 0 Å². The summed E-state index contributed by atoms with van der Waals surface area (Å²) in [4.78, 5) is 10.7. The normalized spacial score (nSPS) is 7.82. The van der Waals surface area contributed by atoms with Gasteiger partial charge in [0, 0.05) is 5.57 Å². The second-order valence-electron chi connectivity index (χ2n) is 7.34. The van der Waals surface area contributed by atoms with Crippen molar-refractivity contribution >= 4 is 11.4 Å². The van der Waals surface area contributed by atoms with Crippen LogP contribution < -0.4 is 0 Å². The van der Waals surface area contributed by atoms with Crippen LogP contribution in [-0.4, -0.2) is 5.78 Å². The minimum absolute atomic E-state index is 0.00519. The first-order valence-electron chi connectivity index (χ1n) is 15.7. The molecule has 0 amide bonds. The Bertz CT molecular complexity index is 619. The minimum atomic E-state index is 0.00519. The number of allylic oxidation sites excluding steroid dienone is 5. The molecule has 0 saturated heterocycles. The van der Waals surface area contributed by atoms with Crippen molar-refractivity contribution in [2.75, 3.05) is 0 Å². The molecule has 0 heterocycles. The number of Topliss-reactive ketones (excluding diaryl/α,β-unsaturated/α-hetero) is 1. The lowest BCUT2D eigenvalue weighted by Gasteiger charge is -1.98. The molecule has 1 aromatic carbocycles. The number of ketones is 1. The second kappa shape index (κ2) is 56.1. The molecule has 234 valence electrons. The molecule has 0 unspecified atom stereocenters. The maximum atomic E-state index is 10.7. The van der Waals surface area contributed by atoms with E-state index in [4.69, 9.17) is 0 Å². The zero-order chi connectivity index (χ0) is 33.4. The summed E-state index contributed by atoms with van der Waals surface area (Å²) in [7, 11) is 0. The van der Waals surface area contributed by atoms with Crippen molar-refractivity contribution in [3.63, 3.8) is 0 Å². The summed E-state index contributed by atoms with van der Waals surface area (Å²) >= 11 is 0. The van der Waals surface area contributed by atoms with Gasteiger partial charge < -0.3 is 0 Å². The molecule has 0 fully saturated rings. The van der Waals surface area contributed by atoms with E-state index in [0.717, 1.165) is 16.7 Å². The van der Waals surface area contributed by atoms with E-state index in [0.29, 0.717) is 5.57 Å². The standard InChI is InChI=1S/C10H14O.C10H12.2C4H10.5C2H6/c1-7(2)8(3)6-9(4)10(5)11;1-8(2)10-6-4-9(3)5-7-10;2*1-3-4-2;5*1-2/h6H,1,4H2,2-3,5H3;4-7H,1H2,2-3H3;2*3-4H2,1-2H3;5*1-2H3/b8-6-;;;;;;;;. The molecule has 0 aliphatic carbocycles. The van der Waals surface area contributed by atoms with E-state index in [1.807, 2.05) is 90.0 Å². The van der Waals surface area contributed by atoms with Crippen molar-refractivity contribution in [3.05, 3.63) is 77.9 Å². The average molecular weight is 549 g/mol. The van der Waals surface area contributed by atoms with Gasteiger partial charge in [-0.1, -0.05) is 183 Å². The highest BCUT2D eigenvalue weighted by Crippen LogP contribution is 2.11. The first kappa shape index (κ1) is 56.9. The van der Waals surface area contributed by atoms with E-state index in [-0.39, 0.29) is 5.78 Å². The molecule has 1 rings (SSSR count). The molecule has 39 heavy (non-hydrogen) atoms. The monoisotopic (exact) mass is 549 g/mol. The van der Waals surface area contributed by atoms with E-state index >= 15 is 0 Å². The maximum absolute atomic E-state index is 10.7. The molecule has 0 spiro atoms. The highest BCUT2D eigenvalue weighted by atomic mass is 16.1. The highest BCUT2D eigenvalue weighted by molar-refractivity contribution is 5.95. The third-order valence-corrected chi connectivity index (χ3v) is 4.06. The van der Waals surface area contributed by atoms with E-state index in [1.54, 1.807) is 6.08 Å². The Morgan fingerprint density at radius 3 is 1.08 bits per heavy atom. The smallest absolute Gasteiger partial charge is 0.159 e. The van der Waals surface area contributed by atoms with Crippen LogP contribution in [0, 0.1) is 6.92 Å². The fourth-order valence-corrected chi connectivity index (χ4v) is 1.32. The van der Waals surface area contributed by atoms with Gasteiger partial charge in [0.05, 0.1) is 0 Å². The molecule has 0 aromatic heterocycles. The van der Waals surface area contributed by atoms with E-state index in [2.05, 4.69) is 78.6 Å². The molecular weight excluding hydrogens is 472 g/mol. The molecule has 0 N–H and O–H groups in total. The number of rotatable bonds is 6. The first-order chi connectivity index (χ1) is 18.5. The molecule has 1 nitrogen and oxygen atoms in total. The van der Waals surface area contributed by atoms with Crippen LogP contribution in [0.3, 0.4) is 0 Å². The summed E-state index contributed by atoms with van der Waals surface area (Å²) in [5.74, 6) is 0.00519. The first-order valence-corrected chi connectivity index (χ1v) is 15.7. The number of carbonyl (C=O) groups is 1. The molecule has 0 atom stereocenters. The summed E-state index contributed by atoms with van der Waals surface area (Å²) in [6.07, 6.45) is 7.03. The molecule has 0 radical (unpaired) electrons. The van der Waals surface area contributed by atoms with Crippen LogP contribution in [-0.2, 0) is 4.79 Å². The fourth-order valence-electron chi connectivity index (χ4n) is 1.32. The zero-order valence-electron chi connectivity index (χ0n) is 30.7. The quantitative estimate of drug-likeness (QED) is 0.255. The SMILES string of the molecule is C=C(/C=C(/C)C(=C)C)C(C)=O.C=C(C)c1ccc(C)cc1.CC.CC.CC.CC.CC.CCCC.CCCC. The molecule has 0 aliphatic heterocycles. The van der Waals surface area contributed by atoms with Crippen LogP contribution in [0.15, 0.2) is 66.8 Å². The van der Waals surface area contributed by atoms with Crippen LogP contribution in [0.5, 0.6) is 0 Å². The Morgan fingerprint density at radius 1 is 0.615 bits per heavy atom. The highest BCUT2D eigenvalue weighted by Gasteiger charge is 1.96. The number of benzene rings is 1. The number of unbranched alkanes of at least 4 members (excludes halogenated alkanes) is 2. The molecule has 0 aliphatic rings. The van der Waals surface area contributed by atoms with Gasteiger partial charge >= 0.3 is 0 Å². The fraction of sp³-hybridized carbons (Fsp3) is 0.605. The summed E-state index contributed by atoms with van der Waals surface area (Å²) in [6, 6.07) is 8.39. The number of hydrogen-bond acceptors (Lipinski definition) is 1. The van der Waals surface area contributed by atoms with Gasteiger partial charge in [0.25, 0.3) is 0 Å². The Kier molecular flexibility index (Phi) is 81.9. The van der Waals surface area contributed by atoms with Gasteiger partial charge in [-0.2, -0.15) is 0 Å². The Hall–Kier alpha value is -2.15. The van der Waals surface area contributed by atoms with Gasteiger partial charge in [-0.3, -0.25) is 4.79 Å². The van der Waals surface area contributed by atoms with Crippen molar-refractivity contribution in [1.82, 2.24) is 0 Å². The van der Waals surface area contributed by atoms with Crippen molar-refractivity contribution < 1.29 is 4.79 Å². The van der Waals surface area contributed by atoms with Crippen LogP contribution in [0.25, 0.3) is 5.57 Å². The van der Waals surface area contributed by atoms with Gasteiger partial charge in [-0.15, -0.1) is 0 Å². The summed E-state index contributed by atoms with van der Waals surface area (Å²) in [5.41, 5.74) is 6.15. The molecule has 0 bridgehead atoms. The lowest BCUT2D eigenvalue weighted by atomic mass is 10.1. The third kappa shape index (κ3) is 61.5. The average Bonchev–Trinajstić information content (AvgIpc) is 2.99. The van der Waals surface area contributed by atoms with Gasteiger partial charge in [-0.05, 0) is 51.8 Å². The van der Waals surface area contributed by atoms with Gasteiger partial charge in [0.2, 0.25) is 0 Å². The molecule has 1 heteroatoms. The Labute approximate surface area is 251 Å². The van der Waals surface area contributed by atoms with Crippen LogP contribution in [0.2, 0.25) is 0 Å². The Morgan fingerprint density at radius 2 is 0.897 bits per heavy atom. The molecular formula is C38H76O. The van der Waals surface area contributed by atoms with Crippen molar-refractivity contribution in [2.45, 2.75) is 157 Å². The molecule has 0 saturated carbocycles. The number of carbonyl (C=O) groups excluding carboxylic acids is 1. The Balaban J connectivity index is -0.0000000521. The third-order valence-electron chi connectivity index (χ3n) is 4.06. The van der Waals surface area contributed by atoms with E-state index in [1.165, 1.54) is 43.7 Å². The van der Waals surface area contributed by atoms with Crippen LogP contribution in [0.1, 0.15) is 161 Å². The zero-order valence-corrected chi connectivity index (χ0v) is 30.7. The van der Waals surface area contributed by atoms with Crippen LogP contribution in [0.4, 0.5) is 0 Å². The summed E-state index contributed by atoms with van der Waals surface area (Å²) in [6.45, 7) is 49.4. The van der Waals surface area contributed by atoms with E-state index < -0.39 is 0 Å². The van der Waals surface area contributed by atoms with E-state index in [9.17, 15) is 4.79 Å². The summed E-state index contributed by atoms with van der Waals surface area (Å²) in [5, 5.41) is 0. The lowest BCUT2D eigenvalue weighted by Crippen LogP contribution is -1.91. The predicted octanol–water partition coefficient (Wildman–Crippen LogP) is 14.4. The number of aryl methyl sites for hydroxylation is 1. The lowest BCUT2D eigenvalue weighted by molar-refractivity contribution is -0.113. The predicted molar refractivity (Wildman–Crippen MR) is 192 cm³/mol. The maximum Gasteiger partial charge on any atom is 0.159 e. The van der Waals surface area contributed by atoms with Gasteiger partial charge in [0.15, 0.2) is 5.78 Å². The molecule has 1 aromatic rings. The van der Waals surface area contributed by atoms with Crippen molar-refractivity contribution in [1.29, 1.82) is 0 Å². The number of hydrogen-bond donors (Lipinski definition) is 0. The minimum Gasteiger partial charge on any atom is -0.295 e. The summed E-state index contributed by atoms with van der Waals surface area (Å²) < 4.78 is 0. The topological polar surface area (TPSA) is 17.1 Å².